The maximum absolute atomic E-state index is 13.3. The Morgan fingerprint density at radius 1 is 0.750 bits per heavy atom. The number of sulfonamides is 1. The molecule has 0 bridgehead atoms. The Morgan fingerprint density at radius 2 is 1.34 bits per heavy atom. The average molecular weight is 454 g/mol. The van der Waals surface area contributed by atoms with E-state index in [1.54, 1.807) is 22.6 Å². The van der Waals surface area contributed by atoms with Crippen molar-refractivity contribution in [2.24, 2.45) is 0 Å². The molecule has 10 heteroatoms. The standard InChI is InChI=1S/C22H27N7O2S/c1-26-10-12-27(13-11-26)20-7-8-21(25-24-20)28-14-16-29(17-15-28)32(30,31)19-6-2-4-18-5-3-9-23-22(18)19/h2-9H,10-17H2,1H3. The molecular weight excluding hydrogens is 426 g/mol. The summed E-state index contributed by atoms with van der Waals surface area (Å²) in [5.74, 6) is 1.68. The molecule has 168 valence electrons. The van der Waals surface area contributed by atoms with Gasteiger partial charge in [-0.3, -0.25) is 4.98 Å². The van der Waals surface area contributed by atoms with Crippen molar-refractivity contribution in [1.29, 1.82) is 0 Å². The number of rotatable bonds is 4. The molecule has 5 rings (SSSR count). The molecule has 0 spiro atoms. The lowest BCUT2D eigenvalue weighted by molar-refractivity contribution is 0.312. The minimum absolute atomic E-state index is 0.264. The van der Waals surface area contributed by atoms with Gasteiger partial charge >= 0.3 is 0 Å². The first kappa shape index (κ1) is 21.0. The van der Waals surface area contributed by atoms with Gasteiger partial charge in [-0.2, -0.15) is 4.31 Å². The normalized spacial score (nSPS) is 18.9. The van der Waals surface area contributed by atoms with E-state index in [2.05, 4.69) is 36.9 Å². The second-order valence-corrected chi connectivity index (χ2v) is 10.2. The third kappa shape index (κ3) is 4.01. The molecule has 4 heterocycles. The zero-order valence-corrected chi connectivity index (χ0v) is 18.9. The van der Waals surface area contributed by atoms with E-state index in [-0.39, 0.29) is 4.90 Å². The van der Waals surface area contributed by atoms with E-state index in [1.807, 2.05) is 30.3 Å². The monoisotopic (exact) mass is 453 g/mol. The van der Waals surface area contributed by atoms with Crippen LogP contribution in [0.5, 0.6) is 0 Å². The third-order valence-electron chi connectivity index (χ3n) is 6.24. The first-order chi connectivity index (χ1) is 15.5. The van der Waals surface area contributed by atoms with Crippen molar-refractivity contribution in [3.63, 3.8) is 0 Å². The van der Waals surface area contributed by atoms with E-state index < -0.39 is 10.0 Å². The maximum atomic E-state index is 13.3. The van der Waals surface area contributed by atoms with Crippen LogP contribution < -0.4 is 9.80 Å². The fraction of sp³-hybridized carbons (Fsp3) is 0.409. The van der Waals surface area contributed by atoms with Crippen molar-refractivity contribution in [1.82, 2.24) is 24.4 Å². The largest absolute Gasteiger partial charge is 0.353 e. The molecule has 2 aliphatic heterocycles. The molecule has 1 aromatic carbocycles. The van der Waals surface area contributed by atoms with Crippen molar-refractivity contribution < 1.29 is 8.42 Å². The summed E-state index contributed by atoms with van der Waals surface area (Å²) in [5.41, 5.74) is 0.516. The van der Waals surface area contributed by atoms with Gasteiger partial charge < -0.3 is 14.7 Å². The van der Waals surface area contributed by atoms with Crippen LogP contribution in [0, 0.1) is 0 Å². The fourth-order valence-corrected chi connectivity index (χ4v) is 5.86. The molecule has 2 saturated heterocycles. The minimum Gasteiger partial charge on any atom is -0.353 e. The second kappa shape index (κ2) is 8.61. The molecule has 0 unspecified atom stereocenters. The lowest BCUT2D eigenvalue weighted by Gasteiger charge is -2.35. The Hall–Kier alpha value is -2.82. The quantitative estimate of drug-likeness (QED) is 0.584. The van der Waals surface area contributed by atoms with Gasteiger partial charge in [0.25, 0.3) is 0 Å². The van der Waals surface area contributed by atoms with Crippen LogP contribution in [-0.2, 0) is 10.0 Å². The lowest BCUT2D eigenvalue weighted by Crippen LogP contribution is -2.49. The Bertz CT molecular complexity index is 1180. The van der Waals surface area contributed by atoms with E-state index >= 15 is 0 Å². The van der Waals surface area contributed by atoms with E-state index in [4.69, 9.17) is 0 Å². The predicted molar refractivity (Wildman–Crippen MR) is 124 cm³/mol. The van der Waals surface area contributed by atoms with Crippen molar-refractivity contribution in [3.8, 4) is 0 Å². The molecule has 2 aromatic heterocycles. The topological polar surface area (TPSA) is 85.8 Å². The first-order valence-electron chi connectivity index (χ1n) is 10.9. The highest BCUT2D eigenvalue weighted by molar-refractivity contribution is 7.89. The van der Waals surface area contributed by atoms with Gasteiger partial charge in [0.05, 0.1) is 5.52 Å². The van der Waals surface area contributed by atoms with E-state index in [1.165, 1.54) is 0 Å². The van der Waals surface area contributed by atoms with Crippen LogP contribution in [0.25, 0.3) is 10.9 Å². The highest BCUT2D eigenvalue weighted by atomic mass is 32.2. The van der Waals surface area contributed by atoms with Gasteiger partial charge in [0.1, 0.15) is 4.90 Å². The highest BCUT2D eigenvalue weighted by Crippen LogP contribution is 2.26. The molecule has 32 heavy (non-hydrogen) atoms. The number of nitrogens with zero attached hydrogens (tertiary/aromatic N) is 7. The summed E-state index contributed by atoms with van der Waals surface area (Å²) in [6.45, 7) is 5.87. The zero-order chi connectivity index (χ0) is 22.1. The van der Waals surface area contributed by atoms with E-state index in [9.17, 15) is 8.42 Å². The molecule has 0 N–H and O–H groups in total. The van der Waals surface area contributed by atoms with Crippen LogP contribution in [0.3, 0.4) is 0 Å². The number of fused-ring (bicyclic) bond motifs is 1. The molecule has 3 aromatic rings. The number of piperazine rings is 2. The molecule has 0 aliphatic carbocycles. The fourth-order valence-electron chi connectivity index (χ4n) is 4.27. The van der Waals surface area contributed by atoms with Crippen LogP contribution >= 0.6 is 0 Å². The summed E-state index contributed by atoms with van der Waals surface area (Å²) in [7, 11) is -1.49. The SMILES string of the molecule is CN1CCN(c2ccc(N3CCN(S(=O)(=O)c4cccc5cccnc45)CC3)nn2)CC1. The molecule has 0 radical (unpaired) electrons. The van der Waals surface area contributed by atoms with Crippen molar-refractivity contribution >= 4 is 32.6 Å². The highest BCUT2D eigenvalue weighted by Gasteiger charge is 2.30. The number of anilines is 2. The molecule has 2 aliphatic rings. The molecular formula is C22H27N7O2S. The lowest BCUT2D eigenvalue weighted by atomic mass is 10.2. The van der Waals surface area contributed by atoms with Crippen LogP contribution in [-0.4, -0.2) is 92.2 Å². The van der Waals surface area contributed by atoms with Gasteiger partial charge in [-0.1, -0.05) is 18.2 Å². The number of hydrogen-bond donors (Lipinski definition) is 0. The number of likely N-dealkylation sites (N-methyl/N-ethyl adjacent to an activating group) is 1. The van der Waals surface area contributed by atoms with Gasteiger partial charge in [-0.25, -0.2) is 8.42 Å². The Balaban J connectivity index is 1.27. The summed E-state index contributed by atoms with van der Waals surface area (Å²) >= 11 is 0. The van der Waals surface area contributed by atoms with Crippen molar-refractivity contribution in [3.05, 3.63) is 48.7 Å². The van der Waals surface area contributed by atoms with E-state index in [0.717, 1.165) is 43.2 Å². The number of hydrogen-bond acceptors (Lipinski definition) is 8. The summed E-state index contributed by atoms with van der Waals surface area (Å²) < 4.78 is 28.2. The average Bonchev–Trinajstić information content (AvgIpc) is 2.84. The number of benzene rings is 1. The maximum Gasteiger partial charge on any atom is 0.245 e. The van der Waals surface area contributed by atoms with Crippen LogP contribution in [0.15, 0.2) is 53.6 Å². The summed E-state index contributed by atoms with van der Waals surface area (Å²) in [5, 5.41) is 9.68. The van der Waals surface area contributed by atoms with Crippen molar-refractivity contribution in [2.45, 2.75) is 4.90 Å². The second-order valence-electron chi connectivity index (χ2n) is 8.26. The third-order valence-corrected chi connectivity index (χ3v) is 8.17. The summed E-state index contributed by atoms with van der Waals surface area (Å²) in [6.07, 6.45) is 1.63. The molecule has 2 fully saturated rings. The zero-order valence-electron chi connectivity index (χ0n) is 18.1. The van der Waals surface area contributed by atoms with Crippen LogP contribution in [0.1, 0.15) is 0 Å². The van der Waals surface area contributed by atoms with Crippen molar-refractivity contribution in [2.75, 3.05) is 69.2 Å². The van der Waals surface area contributed by atoms with Crippen LogP contribution in [0.4, 0.5) is 11.6 Å². The summed E-state index contributed by atoms with van der Waals surface area (Å²) in [6, 6.07) is 13.0. The Morgan fingerprint density at radius 3 is 1.97 bits per heavy atom. The number of aromatic nitrogens is 3. The van der Waals surface area contributed by atoms with Gasteiger partial charge in [0.15, 0.2) is 11.6 Å². The van der Waals surface area contributed by atoms with Gasteiger partial charge in [0.2, 0.25) is 10.0 Å². The first-order valence-corrected chi connectivity index (χ1v) is 12.3. The number of para-hydroxylation sites is 1. The molecule has 9 nitrogen and oxygen atoms in total. The minimum atomic E-state index is -3.62. The van der Waals surface area contributed by atoms with E-state index in [0.29, 0.717) is 31.7 Å². The molecule has 0 amide bonds. The summed E-state index contributed by atoms with van der Waals surface area (Å²) in [4.78, 5) is 11.2. The molecule has 0 saturated carbocycles. The Labute approximate surface area is 188 Å². The smallest absolute Gasteiger partial charge is 0.245 e. The van der Waals surface area contributed by atoms with Gasteiger partial charge in [-0.05, 0) is 31.3 Å². The predicted octanol–water partition coefficient (Wildman–Crippen LogP) is 1.29. The molecule has 0 atom stereocenters. The number of pyridine rings is 1. The van der Waals surface area contributed by atoms with Gasteiger partial charge in [0, 0.05) is 63.9 Å². The van der Waals surface area contributed by atoms with Crippen LogP contribution in [0.2, 0.25) is 0 Å². The Kier molecular flexibility index (Phi) is 5.66. The van der Waals surface area contributed by atoms with Gasteiger partial charge in [-0.15, -0.1) is 10.2 Å².